The third kappa shape index (κ3) is 4.39. The van der Waals surface area contributed by atoms with E-state index in [1.54, 1.807) is 0 Å². The van der Waals surface area contributed by atoms with Crippen LogP contribution in [0, 0.1) is 0 Å². The second-order valence-corrected chi connectivity index (χ2v) is 2.60. The lowest BCUT2D eigenvalue weighted by atomic mass is 9.96. The molecule has 0 radical (unpaired) electrons. The van der Waals surface area contributed by atoms with E-state index in [4.69, 9.17) is 15.9 Å². The van der Waals surface area contributed by atoms with Gasteiger partial charge in [0.1, 0.15) is 0 Å². The fraction of sp³-hybridized carbons (Fsp3) is 1.00. The lowest BCUT2D eigenvalue weighted by Crippen LogP contribution is -2.37. The Morgan fingerprint density at radius 2 is 1.56 bits per heavy atom. The Balaban J connectivity index is 3.43. The van der Waals surface area contributed by atoms with Gasteiger partial charge >= 0.3 is 0 Å². The van der Waals surface area contributed by atoms with E-state index in [2.05, 4.69) is 0 Å². The maximum Gasteiger partial charge on any atom is 0.0448 e. The first-order chi connectivity index (χ1) is 4.12. The van der Waals surface area contributed by atoms with Crippen molar-refractivity contribution in [1.29, 1.82) is 0 Å². The molecule has 3 heteroatoms. The van der Waals surface area contributed by atoms with Crippen molar-refractivity contribution in [3.05, 3.63) is 0 Å². The van der Waals surface area contributed by atoms with Crippen LogP contribution in [0.1, 0.15) is 19.8 Å². The molecule has 0 unspecified atom stereocenters. The molecule has 0 amide bonds. The topological polar surface area (TPSA) is 66.5 Å². The SMILES string of the molecule is CC(N)(CCO)CCO. The number of hydrogen-bond donors (Lipinski definition) is 3. The van der Waals surface area contributed by atoms with Crippen LogP contribution in [-0.4, -0.2) is 29.0 Å². The molecular formula is C6H15NO2. The molecule has 0 aromatic heterocycles. The van der Waals surface area contributed by atoms with Crippen LogP contribution in [0.3, 0.4) is 0 Å². The molecule has 0 rings (SSSR count). The Kier molecular flexibility index (Phi) is 3.77. The molecule has 0 aliphatic carbocycles. The van der Waals surface area contributed by atoms with Gasteiger partial charge in [0, 0.05) is 18.8 Å². The van der Waals surface area contributed by atoms with Crippen molar-refractivity contribution in [2.75, 3.05) is 13.2 Å². The summed E-state index contributed by atoms with van der Waals surface area (Å²) in [5.74, 6) is 0. The fourth-order valence-electron chi connectivity index (χ4n) is 0.636. The lowest BCUT2D eigenvalue weighted by molar-refractivity contribution is 0.203. The first kappa shape index (κ1) is 8.88. The first-order valence-corrected chi connectivity index (χ1v) is 3.13. The molecule has 0 fully saturated rings. The smallest absolute Gasteiger partial charge is 0.0448 e. The Labute approximate surface area is 55.5 Å². The van der Waals surface area contributed by atoms with Crippen LogP contribution in [0.25, 0.3) is 0 Å². The summed E-state index contributed by atoms with van der Waals surface area (Å²) >= 11 is 0. The normalized spacial score (nSPS) is 12.0. The van der Waals surface area contributed by atoms with Gasteiger partial charge in [-0.1, -0.05) is 0 Å². The molecule has 0 spiro atoms. The third-order valence-electron chi connectivity index (χ3n) is 1.37. The van der Waals surface area contributed by atoms with E-state index in [1.165, 1.54) is 0 Å². The van der Waals surface area contributed by atoms with E-state index < -0.39 is 5.54 Å². The van der Waals surface area contributed by atoms with E-state index >= 15 is 0 Å². The van der Waals surface area contributed by atoms with Crippen LogP contribution in [0.2, 0.25) is 0 Å². The molecule has 56 valence electrons. The van der Waals surface area contributed by atoms with Crippen molar-refractivity contribution in [2.45, 2.75) is 25.3 Å². The number of aliphatic hydroxyl groups excluding tert-OH is 2. The van der Waals surface area contributed by atoms with Gasteiger partial charge in [-0.25, -0.2) is 0 Å². The zero-order valence-electron chi connectivity index (χ0n) is 5.80. The van der Waals surface area contributed by atoms with Gasteiger partial charge in [-0.3, -0.25) is 0 Å². The number of hydrogen-bond acceptors (Lipinski definition) is 3. The predicted molar refractivity (Wildman–Crippen MR) is 36.0 cm³/mol. The highest BCUT2D eigenvalue weighted by Gasteiger charge is 2.15. The minimum absolute atomic E-state index is 0.0903. The molecule has 0 atom stereocenters. The Morgan fingerprint density at radius 1 is 1.22 bits per heavy atom. The second-order valence-electron chi connectivity index (χ2n) is 2.60. The quantitative estimate of drug-likeness (QED) is 0.483. The van der Waals surface area contributed by atoms with Gasteiger partial charge in [0.15, 0.2) is 0 Å². The van der Waals surface area contributed by atoms with E-state index in [-0.39, 0.29) is 13.2 Å². The summed E-state index contributed by atoms with van der Waals surface area (Å²) in [5, 5.41) is 16.9. The average Bonchev–Trinajstić information content (AvgIpc) is 1.64. The molecular weight excluding hydrogens is 118 g/mol. The first-order valence-electron chi connectivity index (χ1n) is 3.13. The van der Waals surface area contributed by atoms with Gasteiger partial charge < -0.3 is 15.9 Å². The molecule has 0 aliphatic heterocycles. The van der Waals surface area contributed by atoms with Crippen LogP contribution >= 0.6 is 0 Å². The minimum atomic E-state index is -0.399. The minimum Gasteiger partial charge on any atom is -0.396 e. The van der Waals surface area contributed by atoms with Crippen LogP contribution in [0.5, 0.6) is 0 Å². The zero-order valence-corrected chi connectivity index (χ0v) is 5.80. The number of nitrogens with two attached hydrogens (primary N) is 1. The van der Waals surface area contributed by atoms with Gasteiger partial charge in [-0.05, 0) is 19.8 Å². The Hall–Kier alpha value is -0.120. The van der Waals surface area contributed by atoms with E-state index in [1.807, 2.05) is 6.92 Å². The summed E-state index contributed by atoms with van der Waals surface area (Å²) in [7, 11) is 0. The molecule has 0 aromatic rings. The molecule has 0 bridgehead atoms. The molecule has 0 saturated carbocycles. The molecule has 9 heavy (non-hydrogen) atoms. The molecule has 3 nitrogen and oxygen atoms in total. The van der Waals surface area contributed by atoms with Crippen molar-refractivity contribution in [3.63, 3.8) is 0 Å². The summed E-state index contributed by atoms with van der Waals surface area (Å²) in [4.78, 5) is 0. The summed E-state index contributed by atoms with van der Waals surface area (Å²) in [6.07, 6.45) is 1.10. The zero-order chi connectivity index (χ0) is 7.33. The number of rotatable bonds is 4. The molecule has 0 heterocycles. The van der Waals surface area contributed by atoms with Crippen molar-refractivity contribution in [1.82, 2.24) is 0 Å². The predicted octanol–water partition coefficient (Wildman–Crippen LogP) is -0.531. The Morgan fingerprint density at radius 3 is 1.78 bits per heavy atom. The van der Waals surface area contributed by atoms with E-state index in [9.17, 15) is 0 Å². The third-order valence-corrected chi connectivity index (χ3v) is 1.37. The maximum absolute atomic E-state index is 8.47. The van der Waals surface area contributed by atoms with Crippen LogP contribution in [0.15, 0.2) is 0 Å². The second kappa shape index (κ2) is 3.82. The van der Waals surface area contributed by atoms with Gasteiger partial charge in [-0.2, -0.15) is 0 Å². The van der Waals surface area contributed by atoms with Gasteiger partial charge in [-0.15, -0.1) is 0 Å². The van der Waals surface area contributed by atoms with Crippen molar-refractivity contribution in [3.8, 4) is 0 Å². The van der Waals surface area contributed by atoms with Crippen LogP contribution < -0.4 is 5.73 Å². The highest BCUT2D eigenvalue weighted by Crippen LogP contribution is 2.08. The summed E-state index contributed by atoms with van der Waals surface area (Å²) in [6, 6.07) is 0. The fourth-order valence-corrected chi connectivity index (χ4v) is 0.636. The highest BCUT2D eigenvalue weighted by molar-refractivity contribution is 4.76. The monoisotopic (exact) mass is 133 g/mol. The van der Waals surface area contributed by atoms with Gasteiger partial charge in [0.05, 0.1) is 0 Å². The summed E-state index contributed by atoms with van der Waals surface area (Å²) in [6.45, 7) is 2.00. The maximum atomic E-state index is 8.47. The van der Waals surface area contributed by atoms with E-state index in [0.29, 0.717) is 12.8 Å². The molecule has 0 saturated heterocycles. The molecule has 0 aliphatic rings. The van der Waals surface area contributed by atoms with Crippen LogP contribution in [-0.2, 0) is 0 Å². The van der Waals surface area contributed by atoms with Gasteiger partial charge in [0.25, 0.3) is 0 Å². The van der Waals surface area contributed by atoms with Crippen molar-refractivity contribution >= 4 is 0 Å². The largest absolute Gasteiger partial charge is 0.396 e. The van der Waals surface area contributed by atoms with E-state index in [0.717, 1.165) is 0 Å². The highest BCUT2D eigenvalue weighted by atomic mass is 16.3. The van der Waals surface area contributed by atoms with Crippen molar-refractivity contribution < 1.29 is 10.2 Å². The summed E-state index contributed by atoms with van der Waals surface area (Å²) < 4.78 is 0. The number of aliphatic hydroxyl groups is 2. The lowest BCUT2D eigenvalue weighted by Gasteiger charge is -2.21. The summed E-state index contributed by atoms with van der Waals surface area (Å²) in [5.41, 5.74) is 5.22. The average molecular weight is 133 g/mol. The van der Waals surface area contributed by atoms with Crippen LogP contribution in [0.4, 0.5) is 0 Å². The standard InChI is InChI=1S/C6H15NO2/c1-6(7,2-4-8)3-5-9/h8-9H,2-5,7H2,1H3. The van der Waals surface area contributed by atoms with Gasteiger partial charge in [0.2, 0.25) is 0 Å². The van der Waals surface area contributed by atoms with Crippen molar-refractivity contribution in [2.24, 2.45) is 5.73 Å². The molecule has 0 aromatic carbocycles. The molecule has 4 N–H and O–H groups in total. The Bertz CT molecular complexity index is 65.5.